The summed E-state index contributed by atoms with van der Waals surface area (Å²) in [4.78, 5) is 17.1. The molecule has 1 aliphatic carbocycles. The Balaban J connectivity index is 1.84. The van der Waals surface area contributed by atoms with Gasteiger partial charge in [-0.15, -0.1) is 0 Å². The van der Waals surface area contributed by atoms with Gasteiger partial charge in [-0.05, 0) is 54.7 Å². The predicted octanol–water partition coefficient (Wildman–Crippen LogP) is 3.54. The van der Waals surface area contributed by atoms with Crippen LogP contribution in [0.5, 0.6) is 5.75 Å². The van der Waals surface area contributed by atoms with Crippen molar-refractivity contribution in [3.05, 3.63) is 65.2 Å². The molecule has 2 aromatic carbocycles. The van der Waals surface area contributed by atoms with Crippen LogP contribution < -0.4 is 0 Å². The summed E-state index contributed by atoms with van der Waals surface area (Å²) in [6.07, 6.45) is 1.63. The second kappa shape index (κ2) is 6.02. The molecule has 0 radical (unpaired) electrons. The van der Waals surface area contributed by atoms with Gasteiger partial charge in [0.05, 0.1) is 11.3 Å². The van der Waals surface area contributed by atoms with Crippen LogP contribution in [0, 0.1) is 5.92 Å². The molecule has 0 spiro atoms. The van der Waals surface area contributed by atoms with Gasteiger partial charge >= 0.3 is 5.97 Å². The molecule has 0 fully saturated rings. The summed E-state index contributed by atoms with van der Waals surface area (Å²) in [5.74, 6) is 0.170. The van der Waals surface area contributed by atoms with Crippen molar-refractivity contribution in [2.45, 2.75) is 19.8 Å². The van der Waals surface area contributed by atoms with Gasteiger partial charge in [0.2, 0.25) is 0 Å². The van der Waals surface area contributed by atoms with Gasteiger partial charge in [-0.3, -0.25) is 0 Å². The summed E-state index contributed by atoms with van der Waals surface area (Å²) in [5.41, 5.74) is 3.20. The summed E-state index contributed by atoms with van der Waals surface area (Å²) < 4.78 is 0. The quantitative estimate of drug-likeness (QED) is 0.681. The number of phenolic OH excluding ortho intramolecular Hbond substituents is 1. The maximum absolute atomic E-state index is 12.0. The van der Waals surface area contributed by atoms with E-state index in [2.05, 4.69) is 12.1 Å². The molecule has 0 saturated carbocycles. The lowest BCUT2D eigenvalue weighted by Gasteiger charge is -2.22. The Labute approximate surface area is 129 Å². The number of oxime groups is 1. The molecule has 22 heavy (non-hydrogen) atoms. The first-order chi connectivity index (χ1) is 10.6. The normalized spacial score (nSPS) is 18.8. The minimum absolute atomic E-state index is 0.244. The molecule has 1 N–H and O–H groups in total. The maximum atomic E-state index is 12.0. The third-order valence-electron chi connectivity index (χ3n) is 3.76. The summed E-state index contributed by atoms with van der Waals surface area (Å²) >= 11 is 0. The van der Waals surface area contributed by atoms with E-state index >= 15 is 0 Å². The molecule has 1 atom stereocenters. The van der Waals surface area contributed by atoms with Gasteiger partial charge in [-0.25, -0.2) is 4.79 Å². The number of rotatable bonds is 2. The second-order valence-corrected chi connectivity index (χ2v) is 5.64. The largest absolute Gasteiger partial charge is 0.508 e. The highest BCUT2D eigenvalue weighted by atomic mass is 16.7. The third kappa shape index (κ3) is 3.01. The number of hydrogen-bond donors (Lipinski definition) is 1. The zero-order chi connectivity index (χ0) is 15.5. The molecule has 4 heteroatoms. The van der Waals surface area contributed by atoms with Gasteiger partial charge in [0.1, 0.15) is 5.75 Å². The van der Waals surface area contributed by atoms with Crippen LogP contribution in [0.2, 0.25) is 0 Å². The third-order valence-corrected chi connectivity index (χ3v) is 3.76. The fourth-order valence-corrected chi connectivity index (χ4v) is 2.73. The average Bonchev–Trinajstić information content (AvgIpc) is 2.52. The molecule has 0 amide bonds. The second-order valence-electron chi connectivity index (χ2n) is 5.64. The van der Waals surface area contributed by atoms with Gasteiger partial charge in [0.25, 0.3) is 0 Å². The van der Waals surface area contributed by atoms with Crippen LogP contribution >= 0.6 is 0 Å². The average molecular weight is 295 g/mol. The highest BCUT2D eigenvalue weighted by Crippen LogP contribution is 2.28. The molecule has 2 aromatic rings. The van der Waals surface area contributed by atoms with E-state index < -0.39 is 5.97 Å². The van der Waals surface area contributed by atoms with Crippen molar-refractivity contribution in [2.24, 2.45) is 11.1 Å². The molecular formula is C18H17NO3. The Morgan fingerprint density at radius 3 is 2.73 bits per heavy atom. The Morgan fingerprint density at radius 2 is 1.95 bits per heavy atom. The Bertz CT molecular complexity index is 722. The summed E-state index contributed by atoms with van der Waals surface area (Å²) in [6, 6.07) is 14.0. The number of aromatic hydroxyl groups is 1. The van der Waals surface area contributed by atoms with Gasteiger partial charge in [0, 0.05) is 5.56 Å². The van der Waals surface area contributed by atoms with E-state index in [1.807, 2.05) is 12.1 Å². The lowest BCUT2D eigenvalue weighted by atomic mass is 9.83. The van der Waals surface area contributed by atoms with Crippen LogP contribution in [0.3, 0.4) is 0 Å². The summed E-state index contributed by atoms with van der Waals surface area (Å²) in [6.45, 7) is 2.11. The molecule has 0 bridgehead atoms. The number of fused-ring (bicyclic) bond motifs is 1. The molecule has 0 aromatic heterocycles. The van der Waals surface area contributed by atoms with Crippen molar-refractivity contribution in [3.63, 3.8) is 0 Å². The van der Waals surface area contributed by atoms with Crippen molar-refractivity contribution in [1.29, 1.82) is 0 Å². The topological polar surface area (TPSA) is 58.9 Å². The zero-order valence-electron chi connectivity index (χ0n) is 12.3. The number of carbonyl (C=O) groups excluding carboxylic acids is 1. The van der Waals surface area contributed by atoms with Crippen LogP contribution in [0.25, 0.3) is 0 Å². The number of hydrogen-bond acceptors (Lipinski definition) is 4. The standard InChI is InChI=1S/C18H17NO3/c1-12-9-14-11-15(20)7-8-16(14)17(10-12)19-22-18(21)13-5-3-2-4-6-13/h2-8,11-12,20H,9-10H2,1H3/b19-17+/t12-/m1/s1. The molecule has 0 saturated heterocycles. The van der Waals surface area contributed by atoms with Crippen LogP contribution in [-0.2, 0) is 11.3 Å². The van der Waals surface area contributed by atoms with Crippen LogP contribution in [-0.4, -0.2) is 16.8 Å². The van der Waals surface area contributed by atoms with Crippen LogP contribution in [0.15, 0.2) is 53.7 Å². The first kappa shape index (κ1) is 14.3. The maximum Gasteiger partial charge on any atom is 0.365 e. The number of carbonyl (C=O) groups is 1. The van der Waals surface area contributed by atoms with Gasteiger partial charge in [-0.1, -0.05) is 30.3 Å². The van der Waals surface area contributed by atoms with Gasteiger partial charge in [0.15, 0.2) is 0 Å². The van der Waals surface area contributed by atoms with E-state index in [-0.39, 0.29) is 5.75 Å². The zero-order valence-corrected chi connectivity index (χ0v) is 12.3. The molecule has 1 aliphatic rings. The number of nitrogens with zero attached hydrogens (tertiary/aromatic N) is 1. The van der Waals surface area contributed by atoms with Gasteiger partial charge < -0.3 is 9.94 Å². The van der Waals surface area contributed by atoms with E-state index in [9.17, 15) is 9.90 Å². The lowest BCUT2D eigenvalue weighted by molar-refractivity contribution is 0.0515. The minimum atomic E-state index is -0.466. The van der Waals surface area contributed by atoms with Crippen molar-refractivity contribution in [2.75, 3.05) is 0 Å². The predicted molar refractivity (Wildman–Crippen MR) is 84.0 cm³/mol. The fraction of sp³-hybridized carbons (Fsp3) is 0.222. The summed E-state index contributed by atoms with van der Waals surface area (Å²) in [7, 11) is 0. The van der Waals surface area contributed by atoms with E-state index in [0.717, 1.165) is 29.7 Å². The molecule has 0 unspecified atom stereocenters. The van der Waals surface area contributed by atoms with Crippen molar-refractivity contribution in [3.8, 4) is 5.75 Å². The Morgan fingerprint density at radius 1 is 1.18 bits per heavy atom. The lowest BCUT2D eigenvalue weighted by Crippen LogP contribution is -2.19. The van der Waals surface area contributed by atoms with Crippen LogP contribution in [0.4, 0.5) is 0 Å². The first-order valence-corrected chi connectivity index (χ1v) is 7.29. The molecule has 0 aliphatic heterocycles. The molecule has 4 nitrogen and oxygen atoms in total. The van der Waals surface area contributed by atoms with Crippen molar-refractivity contribution >= 4 is 11.7 Å². The van der Waals surface area contributed by atoms with E-state index in [0.29, 0.717) is 11.5 Å². The number of benzene rings is 2. The molecule has 3 rings (SSSR count). The van der Waals surface area contributed by atoms with Gasteiger partial charge in [-0.2, -0.15) is 0 Å². The first-order valence-electron chi connectivity index (χ1n) is 7.29. The monoisotopic (exact) mass is 295 g/mol. The highest BCUT2D eigenvalue weighted by molar-refractivity contribution is 6.03. The number of phenols is 1. The van der Waals surface area contributed by atoms with Crippen molar-refractivity contribution < 1.29 is 14.7 Å². The van der Waals surface area contributed by atoms with E-state index in [1.54, 1.807) is 36.4 Å². The van der Waals surface area contributed by atoms with E-state index in [4.69, 9.17) is 4.84 Å². The SMILES string of the molecule is C[C@H]1C/C(=N\OC(=O)c2ccccc2)c2ccc(O)cc2C1. The molecule has 0 heterocycles. The van der Waals surface area contributed by atoms with E-state index in [1.165, 1.54) is 0 Å². The van der Waals surface area contributed by atoms with Crippen molar-refractivity contribution in [1.82, 2.24) is 0 Å². The smallest absolute Gasteiger partial charge is 0.365 e. The van der Waals surface area contributed by atoms with Crippen LogP contribution in [0.1, 0.15) is 34.8 Å². The summed E-state index contributed by atoms with van der Waals surface area (Å²) in [5, 5.41) is 13.7. The minimum Gasteiger partial charge on any atom is -0.508 e. The fourth-order valence-electron chi connectivity index (χ4n) is 2.73. The highest BCUT2D eigenvalue weighted by Gasteiger charge is 2.22. The molecular weight excluding hydrogens is 278 g/mol. The Kier molecular flexibility index (Phi) is 3.92. The molecule has 112 valence electrons. The Hall–Kier alpha value is -2.62.